The number of ether oxygens (including phenoxy) is 1. The number of amides is 1. The molecule has 1 amide bonds. The third-order valence-electron chi connectivity index (χ3n) is 3.86. The zero-order valence-electron chi connectivity index (χ0n) is 13.7. The smallest absolute Gasteiger partial charge is 0.245 e. The van der Waals surface area contributed by atoms with Crippen molar-refractivity contribution in [2.45, 2.75) is 13.0 Å². The van der Waals surface area contributed by atoms with Crippen LogP contribution >= 0.6 is 0 Å². The topological polar surface area (TPSA) is 56.1 Å². The number of hydrogen-bond donors (Lipinski definition) is 1. The van der Waals surface area contributed by atoms with Gasteiger partial charge in [0, 0.05) is 26.6 Å². The molecule has 124 valence electrons. The average Bonchev–Trinajstić information content (AvgIpc) is 2.94. The Hall–Kier alpha value is -2.66. The van der Waals surface area contributed by atoms with Crippen LogP contribution in [0.25, 0.3) is 11.0 Å². The largest absolute Gasteiger partial charge is 0.375 e. The molecule has 3 aromatic rings. The molecule has 1 aromatic heterocycles. The van der Waals surface area contributed by atoms with Crippen molar-refractivity contribution < 1.29 is 9.53 Å². The highest BCUT2D eigenvalue weighted by Crippen LogP contribution is 2.18. The summed E-state index contributed by atoms with van der Waals surface area (Å²) in [6.45, 7) is 1.39. The summed E-state index contributed by atoms with van der Waals surface area (Å²) in [5, 5.41) is 2.85. The number of carbonyl (C=O) groups excluding carboxylic acids is 1. The number of aromatic nitrogens is 2. The Bertz CT molecular complexity index is 812. The fourth-order valence-electron chi connectivity index (χ4n) is 2.75. The van der Waals surface area contributed by atoms with Crippen molar-refractivity contribution >= 4 is 16.9 Å². The zero-order valence-corrected chi connectivity index (χ0v) is 13.7. The molecule has 1 N–H and O–H groups in total. The van der Waals surface area contributed by atoms with Gasteiger partial charge < -0.3 is 14.6 Å². The Kier molecular flexibility index (Phi) is 5.23. The predicted octanol–water partition coefficient (Wildman–Crippen LogP) is 2.39. The van der Waals surface area contributed by atoms with E-state index in [1.807, 2.05) is 36.4 Å². The van der Waals surface area contributed by atoms with Gasteiger partial charge in [-0.15, -0.1) is 0 Å². The second kappa shape index (κ2) is 7.75. The van der Waals surface area contributed by atoms with Crippen LogP contribution in [0, 0.1) is 0 Å². The molecule has 0 saturated heterocycles. The fourth-order valence-corrected chi connectivity index (χ4v) is 2.75. The fraction of sp³-hybridized carbons (Fsp3) is 0.263. The molecule has 0 aliphatic heterocycles. The number of imidazole rings is 1. The lowest BCUT2D eigenvalue weighted by molar-refractivity contribution is -0.124. The van der Waals surface area contributed by atoms with E-state index in [4.69, 9.17) is 9.72 Å². The summed E-state index contributed by atoms with van der Waals surface area (Å²) in [4.78, 5) is 16.3. The molecule has 5 nitrogen and oxygen atoms in total. The number of fused-ring (bicyclic) bond motifs is 1. The van der Waals surface area contributed by atoms with E-state index in [0.29, 0.717) is 13.0 Å². The second-order valence-corrected chi connectivity index (χ2v) is 5.62. The SMILES string of the molecule is COCC(=O)NCCc1nc2ccccc2n1Cc1ccccc1. The quantitative estimate of drug-likeness (QED) is 0.726. The summed E-state index contributed by atoms with van der Waals surface area (Å²) in [5.74, 6) is 0.862. The van der Waals surface area contributed by atoms with Gasteiger partial charge in [0.2, 0.25) is 5.91 Å². The van der Waals surface area contributed by atoms with Crippen LogP contribution in [-0.4, -0.2) is 35.7 Å². The van der Waals surface area contributed by atoms with E-state index >= 15 is 0 Å². The molecular weight excluding hydrogens is 302 g/mol. The minimum atomic E-state index is -0.108. The van der Waals surface area contributed by atoms with Crippen molar-refractivity contribution in [1.29, 1.82) is 0 Å². The van der Waals surface area contributed by atoms with Gasteiger partial charge in [0.25, 0.3) is 0 Å². The first-order valence-electron chi connectivity index (χ1n) is 8.01. The summed E-state index contributed by atoms with van der Waals surface area (Å²) in [6.07, 6.45) is 0.678. The van der Waals surface area contributed by atoms with E-state index in [1.165, 1.54) is 12.7 Å². The van der Waals surface area contributed by atoms with Crippen LogP contribution in [0.5, 0.6) is 0 Å². The Morgan fingerprint density at radius 1 is 1.12 bits per heavy atom. The maximum Gasteiger partial charge on any atom is 0.245 e. The van der Waals surface area contributed by atoms with Gasteiger partial charge in [0.15, 0.2) is 0 Å². The Morgan fingerprint density at radius 2 is 1.88 bits per heavy atom. The van der Waals surface area contributed by atoms with Gasteiger partial charge in [0.05, 0.1) is 11.0 Å². The normalized spacial score (nSPS) is 10.9. The molecule has 0 aliphatic carbocycles. The minimum Gasteiger partial charge on any atom is -0.375 e. The minimum absolute atomic E-state index is 0.0838. The lowest BCUT2D eigenvalue weighted by Gasteiger charge is -2.10. The predicted molar refractivity (Wildman–Crippen MR) is 93.9 cm³/mol. The number of nitrogens with zero attached hydrogens (tertiary/aromatic N) is 2. The lowest BCUT2D eigenvalue weighted by Crippen LogP contribution is -2.29. The first-order chi connectivity index (χ1) is 11.8. The van der Waals surface area contributed by atoms with Crippen molar-refractivity contribution in [3.8, 4) is 0 Å². The Balaban J connectivity index is 1.81. The van der Waals surface area contributed by atoms with E-state index in [1.54, 1.807) is 0 Å². The van der Waals surface area contributed by atoms with Crippen molar-refractivity contribution in [1.82, 2.24) is 14.9 Å². The summed E-state index contributed by atoms with van der Waals surface area (Å²) in [5.41, 5.74) is 3.32. The molecule has 24 heavy (non-hydrogen) atoms. The van der Waals surface area contributed by atoms with Gasteiger partial charge in [-0.2, -0.15) is 0 Å². The molecule has 0 bridgehead atoms. The standard InChI is InChI=1S/C19H21N3O2/c1-24-14-19(23)20-12-11-18-21-16-9-5-6-10-17(16)22(18)13-15-7-3-2-4-8-15/h2-10H,11-14H2,1H3,(H,20,23). The van der Waals surface area contributed by atoms with Gasteiger partial charge in [0.1, 0.15) is 12.4 Å². The van der Waals surface area contributed by atoms with Crippen LogP contribution in [0.4, 0.5) is 0 Å². The lowest BCUT2D eigenvalue weighted by atomic mass is 10.2. The maximum absolute atomic E-state index is 11.5. The van der Waals surface area contributed by atoms with Gasteiger partial charge in [-0.1, -0.05) is 42.5 Å². The Labute approximate surface area is 141 Å². The first-order valence-corrected chi connectivity index (χ1v) is 8.01. The summed E-state index contributed by atoms with van der Waals surface area (Å²) < 4.78 is 7.04. The summed E-state index contributed by atoms with van der Waals surface area (Å²) in [6, 6.07) is 18.4. The van der Waals surface area contributed by atoms with Gasteiger partial charge in [-0.25, -0.2) is 4.98 Å². The molecule has 3 rings (SSSR count). The molecule has 0 saturated carbocycles. The van der Waals surface area contributed by atoms with Crippen LogP contribution in [0.15, 0.2) is 54.6 Å². The number of nitrogens with one attached hydrogen (secondary N) is 1. The number of carbonyl (C=O) groups is 1. The maximum atomic E-state index is 11.5. The Morgan fingerprint density at radius 3 is 2.67 bits per heavy atom. The van der Waals surface area contributed by atoms with E-state index in [2.05, 4.69) is 28.1 Å². The van der Waals surface area contributed by atoms with Crippen LogP contribution in [0.2, 0.25) is 0 Å². The molecule has 2 aromatic carbocycles. The number of rotatable bonds is 7. The van der Waals surface area contributed by atoms with Crippen LogP contribution < -0.4 is 5.32 Å². The highest BCUT2D eigenvalue weighted by molar-refractivity contribution is 5.77. The molecule has 0 radical (unpaired) electrons. The second-order valence-electron chi connectivity index (χ2n) is 5.62. The van der Waals surface area contributed by atoms with Gasteiger partial charge in [-0.3, -0.25) is 4.79 Å². The molecular formula is C19H21N3O2. The molecule has 0 spiro atoms. The van der Waals surface area contributed by atoms with E-state index in [0.717, 1.165) is 23.4 Å². The molecule has 0 atom stereocenters. The van der Waals surface area contributed by atoms with E-state index in [-0.39, 0.29) is 12.5 Å². The van der Waals surface area contributed by atoms with Gasteiger partial charge >= 0.3 is 0 Å². The summed E-state index contributed by atoms with van der Waals surface area (Å²) in [7, 11) is 1.51. The van der Waals surface area contributed by atoms with Crippen molar-refractivity contribution in [3.63, 3.8) is 0 Å². The first kappa shape index (κ1) is 16.2. The van der Waals surface area contributed by atoms with Crippen LogP contribution in [-0.2, 0) is 22.5 Å². The van der Waals surface area contributed by atoms with E-state index < -0.39 is 0 Å². The van der Waals surface area contributed by atoms with Crippen LogP contribution in [0.1, 0.15) is 11.4 Å². The third-order valence-corrected chi connectivity index (χ3v) is 3.86. The molecule has 0 aliphatic rings. The van der Waals surface area contributed by atoms with Gasteiger partial charge in [-0.05, 0) is 17.7 Å². The number of hydrogen-bond acceptors (Lipinski definition) is 3. The average molecular weight is 323 g/mol. The number of methoxy groups -OCH3 is 1. The highest BCUT2D eigenvalue weighted by Gasteiger charge is 2.11. The third kappa shape index (κ3) is 3.81. The van der Waals surface area contributed by atoms with Crippen molar-refractivity contribution in [2.24, 2.45) is 0 Å². The van der Waals surface area contributed by atoms with Crippen molar-refractivity contribution in [3.05, 3.63) is 66.0 Å². The molecule has 1 heterocycles. The number of benzene rings is 2. The molecule has 0 unspecified atom stereocenters. The monoisotopic (exact) mass is 323 g/mol. The van der Waals surface area contributed by atoms with E-state index in [9.17, 15) is 4.79 Å². The van der Waals surface area contributed by atoms with Crippen LogP contribution in [0.3, 0.4) is 0 Å². The highest BCUT2D eigenvalue weighted by atomic mass is 16.5. The number of para-hydroxylation sites is 2. The molecule has 0 fully saturated rings. The van der Waals surface area contributed by atoms with Crippen molar-refractivity contribution in [2.75, 3.05) is 20.3 Å². The zero-order chi connectivity index (χ0) is 16.8. The molecule has 5 heteroatoms. The summed E-state index contributed by atoms with van der Waals surface area (Å²) >= 11 is 0.